The van der Waals surface area contributed by atoms with Crippen molar-refractivity contribution in [3.8, 4) is 0 Å². The van der Waals surface area contributed by atoms with E-state index in [1.165, 1.54) is 28.6 Å². The Bertz CT molecular complexity index is 158. The number of nitrogens with zero attached hydrogens (tertiary/aromatic N) is 2. The normalized spacial score (nSPS) is 13.3. The second-order valence-corrected chi connectivity index (χ2v) is 5.34. The molecule has 2 nitrogen and oxygen atoms in total. The van der Waals surface area contributed by atoms with Crippen LogP contribution in [0.3, 0.4) is 0 Å². The maximum absolute atomic E-state index is 4.66. The van der Waals surface area contributed by atoms with Gasteiger partial charge in [0, 0.05) is 0 Å². The van der Waals surface area contributed by atoms with Gasteiger partial charge in [-0.25, -0.2) is 0 Å². The molecule has 0 aliphatic carbocycles. The number of aliphatic imine (C=N–C) groups is 1. The summed E-state index contributed by atoms with van der Waals surface area (Å²) in [6, 6.07) is 0. The third-order valence-corrected chi connectivity index (χ3v) is 3.05. The standard InChI is InChI=1S/C9H19N2.Sn/c1-6-8(10-7-2)11-9(3,4)5;/h6-7H2,1-5H3;/q-1;+1. The van der Waals surface area contributed by atoms with Crippen LogP contribution in [0.15, 0.2) is 4.99 Å². The van der Waals surface area contributed by atoms with Crippen molar-refractivity contribution >= 4 is 28.6 Å². The molecule has 12 heavy (non-hydrogen) atoms. The fraction of sp³-hybridized carbons (Fsp3) is 0.889. The molecule has 0 aliphatic heterocycles. The van der Waals surface area contributed by atoms with Crippen molar-refractivity contribution in [3.05, 3.63) is 0 Å². The van der Waals surface area contributed by atoms with Crippen LogP contribution < -0.4 is 0 Å². The van der Waals surface area contributed by atoms with Gasteiger partial charge in [0.05, 0.1) is 0 Å². The van der Waals surface area contributed by atoms with E-state index < -0.39 is 0 Å². The molecule has 0 unspecified atom stereocenters. The van der Waals surface area contributed by atoms with Crippen LogP contribution in [0.2, 0.25) is 0 Å². The van der Waals surface area contributed by atoms with Gasteiger partial charge in [-0.15, -0.1) is 0 Å². The summed E-state index contributed by atoms with van der Waals surface area (Å²) < 4.78 is 2.29. The molecule has 0 heterocycles. The molecular weight excluding hydrogens is 255 g/mol. The monoisotopic (exact) mass is 275 g/mol. The van der Waals surface area contributed by atoms with Gasteiger partial charge in [0.15, 0.2) is 0 Å². The predicted octanol–water partition coefficient (Wildman–Crippen LogP) is 2.00. The molecule has 69 valence electrons. The molecular formula is C9H19N2Sn. The zero-order valence-corrected chi connectivity index (χ0v) is 11.7. The molecule has 3 radical (unpaired) electrons. The fourth-order valence-corrected chi connectivity index (χ4v) is 1.49. The first-order chi connectivity index (χ1) is 5.40. The molecule has 0 aliphatic rings. The molecule has 0 amide bonds. The van der Waals surface area contributed by atoms with Crippen LogP contribution in [-0.4, -0.2) is 43.8 Å². The quantitative estimate of drug-likeness (QED) is 0.427. The van der Waals surface area contributed by atoms with Gasteiger partial charge in [-0.2, -0.15) is 0 Å². The van der Waals surface area contributed by atoms with Crippen molar-refractivity contribution < 1.29 is 0 Å². The van der Waals surface area contributed by atoms with E-state index in [1.807, 2.05) is 0 Å². The summed E-state index contributed by atoms with van der Waals surface area (Å²) in [5.74, 6) is 1.24. The van der Waals surface area contributed by atoms with Gasteiger partial charge in [0.2, 0.25) is 0 Å². The minimum atomic E-state index is 0.0648. The van der Waals surface area contributed by atoms with Crippen molar-refractivity contribution in [1.82, 2.24) is 3.12 Å². The van der Waals surface area contributed by atoms with E-state index in [2.05, 4.69) is 42.7 Å². The van der Waals surface area contributed by atoms with Crippen molar-refractivity contribution in [3.63, 3.8) is 0 Å². The van der Waals surface area contributed by atoms with Crippen molar-refractivity contribution in [2.45, 2.75) is 46.6 Å². The van der Waals surface area contributed by atoms with Gasteiger partial charge in [0.25, 0.3) is 0 Å². The molecule has 0 bridgehead atoms. The summed E-state index contributed by atoms with van der Waals surface area (Å²) in [6.07, 6.45) is 1.04. The molecule has 0 saturated heterocycles. The van der Waals surface area contributed by atoms with Crippen LogP contribution in [0.5, 0.6) is 0 Å². The maximum atomic E-state index is 4.66. The molecule has 0 saturated carbocycles. The number of rotatable bonds is 2. The number of hydrogen-bond donors (Lipinski definition) is 0. The van der Waals surface area contributed by atoms with Crippen LogP contribution in [0, 0.1) is 0 Å². The van der Waals surface area contributed by atoms with Crippen LogP contribution in [0.25, 0.3) is 0 Å². The van der Waals surface area contributed by atoms with E-state index in [4.69, 9.17) is 0 Å². The van der Waals surface area contributed by atoms with E-state index in [0.29, 0.717) is 0 Å². The molecule has 0 aromatic carbocycles. The zero-order valence-electron chi connectivity index (χ0n) is 8.81. The fourth-order valence-electron chi connectivity index (χ4n) is 0.900. The Morgan fingerprint density at radius 1 is 1.33 bits per heavy atom. The van der Waals surface area contributed by atoms with E-state index in [1.54, 1.807) is 0 Å². The van der Waals surface area contributed by atoms with Crippen molar-refractivity contribution in [1.29, 1.82) is 0 Å². The molecule has 0 aromatic rings. The van der Waals surface area contributed by atoms with Crippen molar-refractivity contribution in [2.75, 3.05) is 6.54 Å². The third kappa shape index (κ3) is 5.01. The Morgan fingerprint density at radius 3 is 2.08 bits per heavy atom. The topological polar surface area (TPSA) is 15.6 Å². The Morgan fingerprint density at radius 2 is 1.83 bits per heavy atom. The first kappa shape index (κ1) is 12.3. The van der Waals surface area contributed by atoms with Gasteiger partial charge >= 0.3 is 89.9 Å². The van der Waals surface area contributed by atoms with Gasteiger partial charge in [-0.05, 0) is 0 Å². The molecule has 0 atom stereocenters. The van der Waals surface area contributed by atoms with E-state index >= 15 is 0 Å². The molecule has 0 rings (SSSR count). The molecule has 0 N–H and O–H groups in total. The SMILES string of the molecule is CCC(=NC(C)(C)C)[N]([Sn])CC. The Kier molecular flexibility index (Phi) is 5.21. The first-order valence-corrected chi connectivity index (χ1v) is 5.75. The molecule has 3 heteroatoms. The summed E-state index contributed by atoms with van der Waals surface area (Å²) in [6.45, 7) is 11.8. The van der Waals surface area contributed by atoms with Gasteiger partial charge in [0.1, 0.15) is 0 Å². The zero-order chi connectivity index (χ0) is 9.78. The summed E-state index contributed by atoms with van der Waals surface area (Å²) >= 11 is 1.44. The molecule has 0 spiro atoms. The van der Waals surface area contributed by atoms with E-state index in [9.17, 15) is 0 Å². The summed E-state index contributed by atoms with van der Waals surface area (Å²) in [4.78, 5) is 4.66. The summed E-state index contributed by atoms with van der Waals surface area (Å²) in [7, 11) is 0. The molecule has 0 aromatic heterocycles. The second-order valence-electron chi connectivity index (χ2n) is 3.80. The Labute approximate surface area is 89.9 Å². The Balaban J connectivity index is 4.43. The van der Waals surface area contributed by atoms with Crippen LogP contribution >= 0.6 is 0 Å². The Hall–Kier alpha value is 0.269. The minimum absolute atomic E-state index is 0.0648. The first-order valence-electron chi connectivity index (χ1n) is 4.48. The second kappa shape index (κ2) is 5.10. The average Bonchev–Trinajstić information content (AvgIpc) is 1.97. The van der Waals surface area contributed by atoms with Crippen LogP contribution in [-0.2, 0) is 0 Å². The summed E-state index contributed by atoms with van der Waals surface area (Å²) in [5.41, 5.74) is 0.0648. The predicted molar refractivity (Wildman–Crippen MR) is 55.6 cm³/mol. The van der Waals surface area contributed by atoms with Crippen LogP contribution in [0.1, 0.15) is 41.0 Å². The van der Waals surface area contributed by atoms with Crippen molar-refractivity contribution in [2.24, 2.45) is 4.99 Å². The number of amidine groups is 1. The molecule has 0 fully saturated rings. The van der Waals surface area contributed by atoms with E-state index in [-0.39, 0.29) is 5.54 Å². The van der Waals surface area contributed by atoms with Gasteiger partial charge in [-0.3, -0.25) is 0 Å². The average molecular weight is 274 g/mol. The van der Waals surface area contributed by atoms with E-state index in [0.717, 1.165) is 13.0 Å². The van der Waals surface area contributed by atoms with Crippen LogP contribution in [0.4, 0.5) is 0 Å². The van der Waals surface area contributed by atoms with Gasteiger partial charge < -0.3 is 0 Å². The number of hydrogen-bond acceptors (Lipinski definition) is 1. The third-order valence-electron chi connectivity index (χ3n) is 1.41. The summed E-state index contributed by atoms with van der Waals surface area (Å²) in [5, 5.41) is 0. The van der Waals surface area contributed by atoms with Gasteiger partial charge in [-0.1, -0.05) is 0 Å².